The first kappa shape index (κ1) is 12.2. The van der Waals surface area contributed by atoms with E-state index in [1.54, 1.807) is 12.1 Å². The van der Waals surface area contributed by atoms with Crippen LogP contribution in [0.15, 0.2) is 12.1 Å². The molecule has 0 saturated heterocycles. The van der Waals surface area contributed by atoms with Crippen molar-refractivity contribution in [3.8, 4) is 5.75 Å². The van der Waals surface area contributed by atoms with Crippen molar-refractivity contribution >= 4 is 17.3 Å². The molecule has 1 rings (SSSR count). The van der Waals surface area contributed by atoms with Crippen molar-refractivity contribution < 1.29 is 14.6 Å². The molecule has 1 aromatic rings. The van der Waals surface area contributed by atoms with E-state index < -0.39 is 5.97 Å². The van der Waals surface area contributed by atoms with Crippen LogP contribution in [0.4, 0.5) is 11.4 Å². The van der Waals surface area contributed by atoms with Gasteiger partial charge in [0.2, 0.25) is 0 Å². The smallest absolute Gasteiger partial charge is 0.303 e. The van der Waals surface area contributed by atoms with Crippen molar-refractivity contribution in [2.75, 3.05) is 18.1 Å². The number of carboxylic acids is 1. The van der Waals surface area contributed by atoms with Crippen molar-refractivity contribution in [1.82, 2.24) is 0 Å². The summed E-state index contributed by atoms with van der Waals surface area (Å²) in [6.45, 7) is 2.18. The number of nitrogens with two attached hydrogens (primary N) is 2. The highest BCUT2D eigenvalue weighted by molar-refractivity contribution is 5.66. The molecule has 16 heavy (non-hydrogen) atoms. The summed E-state index contributed by atoms with van der Waals surface area (Å²) in [5.41, 5.74) is 13.5. The number of aliphatic carboxylic acids is 1. The number of anilines is 2. The van der Waals surface area contributed by atoms with Crippen molar-refractivity contribution in [1.29, 1.82) is 0 Å². The molecule has 5 nitrogen and oxygen atoms in total. The second kappa shape index (κ2) is 5.25. The van der Waals surface area contributed by atoms with E-state index in [0.29, 0.717) is 30.2 Å². The molecule has 0 aliphatic rings. The monoisotopic (exact) mass is 224 g/mol. The average molecular weight is 224 g/mol. The topological polar surface area (TPSA) is 98.6 Å². The van der Waals surface area contributed by atoms with Gasteiger partial charge in [-0.05, 0) is 25.0 Å². The molecule has 0 bridgehead atoms. The number of carboxylic acid groups (broad SMARTS) is 1. The number of benzene rings is 1. The van der Waals surface area contributed by atoms with Crippen LogP contribution in [0.3, 0.4) is 0 Å². The lowest BCUT2D eigenvalue weighted by atomic mass is 10.1. The molecule has 0 atom stereocenters. The van der Waals surface area contributed by atoms with Gasteiger partial charge in [-0.1, -0.05) is 0 Å². The Balaban J connectivity index is 2.54. The normalized spacial score (nSPS) is 10.1. The highest BCUT2D eigenvalue weighted by Crippen LogP contribution is 2.27. The fourth-order valence-electron chi connectivity index (χ4n) is 1.26. The van der Waals surface area contributed by atoms with Gasteiger partial charge in [0, 0.05) is 18.2 Å². The van der Waals surface area contributed by atoms with E-state index in [-0.39, 0.29) is 6.42 Å². The van der Waals surface area contributed by atoms with E-state index in [9.17, 15) is 4.79 Å². The third kappa shape index (κ3) is 3.34. The molecule has 0 saturated carbocycles. The Morgan fingerprint density at radius 3 is 2.69 bits per heavy atom. The van der Waals surface area contributed by atoms with Crippen LogP contribution >= 0.6 is 0 Å². The Labute approximate surface area is 94.0 Å². The Kier molecular flexibility index (Phi) is 3.99. The summed E-state index contributed by atoms with van der Waals surface area (Å²) in [5.74, 6) is -0.325. The summed E-state index contributed by atoms with van der Waals surface area (Å²) in [6, 6.07) is 3.40. The van der Waals surface area contributed by atoms with Crippen LogP contribution in [-0.2, 0) is 4.79 Å². The number of aryl methyl sites for hydroxylation is 1. The van der Waals surface area contributed by atoms with Crippen LogP contribution in [0, 0.1) is 6.92 Å². The van der Waals surface area contributed by atoms with Crippen LogP contribution < -0.4 is 16.2 Å². The van der Waals surface area contributed by atoms with Gasteiger partial charge in [-0.25, -0.2) is 0 Å². The predicted octanol–water partition coefficient (Wildman–Crippen LogP) is 1.40. The molecule has 0 aliphatic heterocycles. The third-order valence-corrected chi connectivity index (χ3v) is 2.19. The summed E-state index contributed by atoms with van der Waals surface area (Å²) in [7, 11) is 0. The second-order valence-electron chi connectivity index (χ2n) is 3.59. The summed E-state index contributed by atoms with van der Waals surface area (Å²) in [5, 5.41) is 8.45. The number of ether oxygens (including phenoxy) is 1. The molecule has 0 unspecified atom stereocenters. The van der Waals surface area contributed by atoms with E-state index >= 15 is 0 Å². The Bertz CT molecular complexity index is 391. The van der Waals surface area contributed by atoms with Gasteiger partial charge in [-0.15, -0.1) is 0 Å². The molecule has 0 amide bonds. The average Bonchev–Trinajstić information content (AvgIpc) is 2.19. The summed E-state index contributed by atoms with van der Waals surface area (Å²) in [6.07, 6.45) is 0.532. The lowest BCUT2D eigenvalue weighted by molar-refractivity contribution is -0.137. The van der Waals surface area contributed by atoms with E-state index in [1.807, 2.05) is 6.92 Å². The fourth-order valence-corrected chi connectivity index (χ4v) is 1.26. The van der Waals surface area contributed by atoms with Gasteiger partial charge < -0.3 is 21.3 Å². The number of rotatable bonds is 5. The van der Waals surface area contributed by atoms with Gasteiger partial charge in [0.05, 0.1) is 12.3 Å². The standard InChI is InChI=1S/C11H16N2O3/c1-7-5-9(13)10(6-8(7)12)16-4-2-3-11(14)15/h5-6H,2-4,12-13H2,1H3,(H,14,15). The van der Waals surface area contributed by atoms with Crippen LogP contribution in [0.2, 0.25) is 0 Å². The van der Waals surface area contributed by atoms with Crippen LogP contribution in [0.5, 0.6) is 5.75 Å². The minimum atomic E-state index is -0.833. The molecule has 88 valence electrons. The zero-order chi connectivity index (χ0) is 12.1. The van der Waals surface area contributed by atoms with Gasteiger partial charge in [-0.3, -0.25) is 4.79 Å². The summed E-state index contributed by atoms with van der Waals surface area (Å²) < 4.78 is 5.35. The first-order valence-corrected chi connectivity index (χ1v) is 5.01. The van der Waals surface area contributed by atoms with E-state index in [1.165, 1.54) is 0 Å². The second-order valence-corrected chi connectivity index (χ2v) is 3.59. The maximum absolute atomic E-state index is 10.3. The largest absolute Gasteiger partial charge is 0.491 e. The SMILES string of the molecule is Cc1cc(N)c(OCCCC(=O)O)cc1N. The van der Waals surface area contributed by atoms with E-state index in [4.69, 9.17) is 21.3 Å². The van der Waals surface area contributed by atoms with E-state index in [0.717, 1.165) is 5.56 Å². The Morgan fingerprint density at radius 2 is 2.06 bits per heavy atom. The minimum Gasteiger partial charge on any atom is -0.491 e. The number of hydrogen-bond donors (Lipinski definition) is 3. The minimum absolute atomic E-state index is 0.0846. The third-order valence-electron chi connectivity index (χ3n) is 2.19. The molecule has 0 aliphatic carbocycles. The molecule has 5 N–H and O–H groups in total. The van der Waals surface area contributed by atoms with Gasteiger partial charge in [-0.2, -0.15) is 0 Å². The van der Waals surface area contributed by atoms with Crippen LogP contribution in [-0.4, -0.2) is 17.7 Å². The zero-order valence-electron chi connectivity index (χ0n) is 9.19. The number of carbonyl (C=O) groups is 1. The van der Waals surface area contributed by atoms with Crippen molar-refractivity contribution in [2.24, 2.45) is 0 Å². The number of hydrogen-bond acceptors (Lipinski definition) is 4. The molecule has 0 aromatic heterocycles. The van der Waals surface area contributed by atoms with Crippen LogP contribution in [0.25, 0.3) is 0 Å². The Morgan fingerprint density at radius 1 is 1.38 bits per heavy atom. The lowest BCUT2D eigenvalue weighted by Gasteiger charge is -2.10. The van der Waals surface area contributed by atoms with Crippen molar-refractivity contribution in [2.45, 2.75) is 19.8 Å². The first-order valence-electron chi connectivity index (χ1n) is 5.01. The van der Waals surface area contributed by atoms with Gasteiger partial charge in [0.25, 0.3) is 0 Å². The molecule has 0 heterocycles. The molecular formula is C11H16N2O3. The van der Waals surface area contributed by atoms with Gasteiger partial charge >= 0.3 is 5.97 Å². The van der Waals surface area contributed by atoms with Crippen LogP contribution in [0.1, 0.15) is 18.4 Å². The fraction of sp³-hybridized carbons (Fsp3) is 0.364. The molecule has 0 spiro atoms. The highest BCUT2D eigenvalue weighted by atomic mass is 16.5. The Hall–Kier alpha value is -1.91. The van der Waals surface area contributed by atoms with Gasteiger partial charge in [0.1, 0.15) is 5.75 Å². The summed E-state index contributed by atoms with van der Waals surface area (Å²) in [4.78, 5) is 10.3. The van der Waals surface area contributed by atoms with Gasteiger partial charge in [0.15, 0.2) is 0 Å². The lowest BCUT2D eigenvalue weighted by Crippen LogP contribution is -2.04. The highest BCUT2D eigenvalue weighted by Gasteiger charge is 2.04. The maximum atomic E-state index is 10.3. The quantitative estimate of drug-likeness (QED) is 0.518. The molecule has 0 radical (unpaired) electrons. The molecule has 0 fully saturated rings. The van der Waals surface area contributed by atoms with Crippen molar-refractivity contribution in [3.05, 3.63) is 17.7 Å². The first-order chi connectivity index (χ1) is 7.50. The summed E-state index contributed by atoms with van der Waals surface area (Å²) >= 11 is 0. The zero-order valence-corrected chi connectivity index (χ0v) is 9.19. The van der Waals surface area contributed by atoms with Crippen molar-refractivity contribution in [3.63, 3.8) is 0 Å². The van der Waals surface area contributed by atoms with E-state index in [2.05, 4.69) is 0 Å². The molecule has 5 heteroatoms. The molecule has 1 aromatic carbocycles. The predicted molar refractivity (Wildman–Crippen MR) is 62.4 cm³/mol. The molecular weight excluding hydrogens is 208 g/mol. The number of nitrogen functional groups attached to an aromatic ring is 2. The maximum Gasteiger partial charge on any atom is 0.303 e.